The number of halogens is 1. The maximum absolute atomic E-state index is 10.4. The molecular formula is C6H5ClO2S. The lowest BCUT2D eigenvalue weighted by molar-refractivity contribution is 0.0697. The third-order valence-corrected chi connectivity index (χ3v) is 2.31. The van der Waals surface area contributed by atoms with Gasteiger partial charge in [-0.15, -0.1) is 11.3 Å². The Hall–Kier alpha value is -0.540. The number of carboxylic acids is 1. The van der Waals surface area contributed by atoms with Crippen LogP contribution in [0.15, 0.2) is 6.07 Å². The number of aryl methyl sites for hydroxylation is 1. The van der Waals surface area contributed by atoms with Gasteiger partial charge in [0.1, 0.15) is 4.34 Å². The Morgan fingerprint density at radius 3 is 2.60 bits per heavy atom. The van der Waals surface area contributed by atoms with Crippen LogP contribution in [0, 0.1) is 6.92 Å². The number of carbonyl (C=O) groups is 1. The molecule has 1 N–H and O–H groups in total. The van der Waals surface area contributed by atoms with Crippen molar-refractivity contribution in [3.63, 3.8) is 0 Å². The van der Waals surface area contributed by atoms with Crippen molar-refractivity contribution in [2.45, 2.75) is 6.92 Å². The molecule has 2 nitrogen and oxygen atoms in total. The fourth-order valence-electron chi connectivity index (χ4n) is 0.632. The van der Waals surface area contributed by atoms with E-state index in [1.165, 1.54) is 11.3 Å². The third-order valence-electron chi connectivity index (χ3n) is 1.04. The van der Waals surface area contributed by atoms with Crippen molar-refractivity contribution >= 4 is 28.9 Å². The molecule has 4 heteroatoms. The zero-order chi connectivity index (χ0) is 7.72. The number of rotatable bonds is 1. The summed E-state index contributed by atoms with van der Waals surface area (Å²) in [5.41, 5.74) is 0.198. The van der Waals surface area contributed by atoms with Gasteiger partial charge >= 0.3 is 5.97 Å². The highest BCUT2D eigenvalue weighted by atomic mass is 35.5. The van der Waals surface area contributed by atoms with Gasteiger partial charge in [-0.3, -0.25) is 0 Å². The molecule has 1 heterocycles. The minimum Gasteiger partial charge on any atom is -0.478 e. The van der Waals surface area contributed by atoms with Gasteiger partial charge in [-0.2, -0.15) is 0 Å². The Balaban J connectivity index is 3.15. The maximum atomic E-state index is 10.4. The van der Waals surface area contributed by atoms with Gasteiger partial charge in [-0.05, 0) is 13.0 Å². The Morgan fingerprint density at radius 1 is 1.80 bits per heavy atom. The molecule has 0 aromatic carbocycles. The molecule has 0 atom stereocenters. The summed E-state index contributed by atoms with van der Waals surface area (Å²) in [5.74, 6) is -0.964. The summed E-state index contributed by atoms with van der Waals surface area (Å²) in [6.45, 7) is 1.82. The molecule has 0 unspecified atom stereocenters. The summed E-state index contributed by atoms with van der Waals surface area (Å²) in [6, 6.07) is 1.56. The standard InChI is InChI=1S/C6H5ClO2S/c1-3-2-4(6(8)9)5(7)10-3/h2H,1H3,(H,8,9). The smallest absolute Gasteiger partial charge is 0.338 e. The van der Waals surface area contributed by atoms with Crippen LogP contribution < -0.4 is 0 Å². The molecule has 10 heavy (non-hydrogen) atoms. The largest absolute Gasteiger partial charge is 0.478 e. The molecule has 0 saturated carbocycles. The Morgan fingerprint density at radius 2 is 2.40 bits per heavy atom. The lowest BCUT2D eigenvalue weighted by Crippen LogP contribution is -1.92. The van der Waals surface area contributed by atoms with Crippen LogP contribution in [0.2, 0.25) is 4.34 Å². The van der Waals surface area contributed by atoms with Crippen LogP contribution in [-0.4, -0.2) is 11.1 Å². The first-order chi connectivity index (χ1) is 4.61. The predicted octanol–water partition coefficient (Wildman–Crippen LogP) is 2.41. The summed E-state index contributed by atoms with van der Waals surface area (Å²) in [5, 5.41) is 8.50. The first kappa shape index (κ1) is 7.57. The van der Waals surface area contributed by atoms with Gasteiger partial charge in [0.05, 0.1) is 5.56 Å². The minimum atomic E-state index is -0.964. The van der Waals surface area contributed by atoms with Crippen LogP contribution >= 0.6 is 22.9 Å². The number of aromatic carboxylic acids is 1. The molecule has 1 rings (SSSR count). The van der Waals surface area contributed by atoms with Gasteiger partial charge < -0.3 is 5.11 Å². The van der Waals surface area contributed by atoms with Crippen molar-refractivity contribution in [1.29, 1.82) is 0 Å². The highest BCUT2D eigenvalue weighted by Crippen LogP contribution is 2.26. The normalized spacial score (nSPS) is 9.80. The van der Waals surface area contributed by atoms with Gasteiger partial charge in [0.2, 0.25) is 0 Å². The fraction of sp³-hybridized carbons (Fsp3) is 0.167. The average Bonchev–Trinajstić information content (AvgIpc) is 2.10. The summed E-state index contributed by atoms with van der Waals surface area (Å²) < 4.78 is 0.352. The minimum absolute atomic E-state index is 0.198. The van der Waals surface area contributed by atoms with E-state index in [9.17, 15) is 4.79 Å². The van der Waals surface area contributed by atoms with Crippen molar-refractivity contribution < 1.29 is 9.90 Å². The van der Waals surface area contributed by atoms with E-state index >= 15 is 0 Å². The molecule has 1 aromatic rings. The first-order valence-electron chi connectivity index (χ1n) is 2.60. The van der Waals surface area contributed by atoms with Gasteiger partial charge in [0.25, 0.3) is 0 Å². The number of carboxylic acid groups (broad SMARTS) is 1. The second-order valence-corrected chi connectivity index (χ2v) is 3.71. The summed E-state index contributed by atoms with van der Waals surface area (Å²) >= 11 is 6.86. The summed E-state index contributed by atoms with van der Waals surface area (Å²) in [4.78, 5) is 11.3. The number of hydrogen-bond acceptors (Lipinski definition) is 2. The fourth-order valence-corrected chi connectivity index (χ4v) is 1.85. The zero-order valence-corrected chi connectivity index (χ0v) is 6.79. The van der Waals surface area contributed by atoms with E-state index in [4.69, 9.17) is 16.7 Å². The second-order valence-electron chi connectivity index (χ2n) is 1.85. The van der Waals surface area contributed by atoms with Crippen LogP contribution in [0.3, 0.4) is 0 Å². The Bertz CT molecular complexity index is 267. The maximum Gasteiger partial charge on any atom is 0.338 e. The van der Waals surface area contributed by atoms with Crippen molar-refractivity contribution in [3.05, 3.63) is 20.8 Å². The highest BCUT2D eigenvalue weighted by Gasteiger charge is 2.10. The van der Waals surface area contributed by atoms with Gasteiger partial charge in [-0.25, -0.2) is 4.79 Å². The molecule has 0 aliphatic rings. The average molecular weight is 177 g/mol. The molecule has 0 bridgehead atoms. The first-order valence-corrected chi connectivity index (χ1v) is 3.80. The molecule has 1 aromatic heterocycles. The van der Waals surface area contributed by atoms with E-state index in [0.717, 1.165) is 4.88 Å². The van der Waals surface area contributed by atoms with E-state index in [1.807, 2.05) is 6.92 Å². The van der Waals surface area contributed by atoms with Gasteiger partial charge in [-0.1, -0.05) is 11.6 Å². The molecule has 0 aliphatic heterocycles. The number of thiophene rings is 1. The highest BCUT2D eigenvalue weighted by molar-refractivity contribution is 7.16. The quantitative estimate of drug-likeness (QED) is 0.714. The summed E-state index contributed by atoms with van der Waals surface area (Å²) in [7, 11) is 0. The van der Waals surface area contributed by atoms with E-state index in [2.05, 4.69) is 0 Å². The molecule has 0 saturated heterocycles. The SMILES string of the molecule is Cc1cc(C(=O)O)c(Cl)s1. The van der Waals surface area contributed by atoms with E-state index < -0.39 is 5.97 Å². The van der Waals surface area contributed by atoms with E-state index in [-0.39, 0.29) is 5.56 Å². The van der Waals surface area contributed by atoms with Crippen molar-refractivity contribution in [3.8, 4) is 0 Å². The van der Waals surface area contributed by atoms with Gasteiger partial charge in [0, 0.05) is 4.88 Å². The second kappa shape index (κ2) is 2.60. The zero-order valence-electron chi connectivity index (χ0n) is 5.22. The molecular weight excluding hydrogens is 172 g/mol. The van der Waals surface area contributed by atoms with Crippen LogP contribution in [0.4, 0.5) is 0 Å². The molecule has 0 spiro atoms. The van der Waals surface area contributed by atoms with Crippen molar-refractivity contribution in [2.75, 3.05) is 0 Å². The number of hydrogen-bond donors (Lipinski definition) is 1. The van der Waals surface area contributed by atoms with Crippen LogP contribution in [0.1, 0.15) is 15.2 Å². The lowest BCUT2D eigenvalue weighted by atomic mass is 10.3. The molecule has 0 fully saturated rings. The van der Waals surface area contributed by atoms with Crippen molar-refractivity contribution in [2.24, 2.45) is 0 Å². The van der Waals surface area contributed by atoms with E-state index in [1.54, 1.807) is 6.07 Å². The molecule has 54 valence electrons. The van der Waals surface area contributed by atoms with Crippen LogP contribution in [0.25, 0.3) is 0 Å². The molecule has 0 aliphatic carbocycles. The monoisotopic (exact) mass is 176 g/mol. The van der Waals surface area contributed by atoms with Crippen LogP contribution in [-0.2, 0) is 0 Å². The van der Waals surface area contributed by atoms with E-state index in [0.29, 0.717) is 4.34 Å². The lowest BCUT2D eigenvalue weighted by Gasteiger charge is -1.84. The summed E-state index contributed by atoms with van der Waals surface area (Å²) in [6.07, 6.45) is 0. The predicted molar refractivity (Wildman–Crippen MR) is 41.0 cm³/mol. The Kier molecular flexibility index (Phi) is 1.97. The van der Waals surface area contributed by atoms with Gasteiger partial charge in [0.15, 0.2) is 0 Å². The van der Waals surface area contributed by atoms with Crippen molar-refractivity contribution in [1.82, 2.24) is 0 Å². The molecule has 0 amide bonds. The molecule has 0 radical (unpaired) electrons. The third kappa shape index (κ3) is 1.30. The topological polar surface area (TPSA) is 37.3 Å². The Labute approximate surface area is 67.1 Å². The van der Waals surface area contributed by atoms with Crippen LogP contribution in [0.5, 0.6) is 0 Å².